The third kappa shape index (κ3) is 12.6. The van der Waals surface area contributed by atoms with Crippen molar-refractivity contribution in [2.45, 2.75) is 97.4 Å². The van der Waals surface area contributed by atoms with Crippen LogP contribution in [0.25, 0.3) is 0 Å². The van der Waals surface area contributed by atoms with Crippen LogP contribution < -0.4 is 0 Å². The van der Waals surface area contributed by atoms with Crippen molar-refractivity contribution in [1.29, 1.82) is 0 Å². The maximum atomic E-state index is 10.5. The van der Waals surface area contributed by atoms with E-state index in [1.165, 1.54) is 11.8 Å². The first-order valence-electron chi connectivity index (χ1n) is 11.0. The molecule has 168 valence electrons. The molecule has 0 aliphatic heterocycles. The van der Waals surface area contributed by atoms with Crippen LogP contribution >= 0.6 is 24.0 Å². The molecule has 0 aromatic carbocycles. The summed E-state index contributed by atoms with van der Waals surface area (Å²) >= 11 is 7.21. The summed E-state index contributed by atoms with van der Waals surface area (Å²) in [5.74, 6) is -0.119. The Morgan fingerprint density at radius 3 is 2.00 bits per heavy atom. The number of hydrogen-bond donors (Lipinski definition) is 2. The van der Waals surface area contributed by atoms with Crippen LogP contribution in [0.4, 0.5) is 0 Å². The van der Waals surface area contributed by atoms with Gasteiger partial charge in [-0.1, -0.05) is 70.9 Å². The summed E-state index contributed by atoms with van der Waals surface area (Å²) in [4.78, 5) is 2.25. The van der Waals surface area contributed by atoms with E-state index in [9.17, 15) is 10.2 Å². The molecule has 28 heavy (non-hydrogen) atoms. The zero-order valence-electron chi connectivity index (χ0n) is 18.6. The molecule has 0 heterocycles. The lowest BCUT2D eigenvalue weighted by atomic mass is 10.0. The lowest BCUT2D eigenvalue weighted by Gasteiger charge is -2.31. The number of rotatable bonds is 17. The minimum absolute atomic E-state index is 0.119. The van der Waals surface area contributed by atoms with Crippen LogP contribution in [-0.2, 0) is 9.47 Å². The Hall–Kier alpha value is 0.0800. The van der Waals surface area contributed by atoms with Gasteiger partial charge >= 0.3 is 0 Å². The van der Waals surface area contributed by atoms with Gasteiger partial charge in [0.25, 0.3) is 0 Å². The monoisotopic (exact) mass is 437 g/mol. The van der Waals surface area contributed by atoms with Crippen molar-refractivity contribution in [2.75, 3.05) is 26.3 Å². The minimum Gasteiger partial charge on any atom is -0.368 e. The molecule has 0 spiro atoms. The van der Waals surface area contributed by atoms with Crippen LogP contribution in [0.5, 0.6) is 0 Å². The first kappa shape index (κ1) is 28.1. The summed E-state index contributed by atoms with van der Waals surface area (Å²) in [5, 5.41) is 20.5. The second-order valence-corrected chi connectivity index (χ2v) is 9.16. The van der Waals surface area contributed by atoms with Crippen molar-refractivity contribution in [3.63, 3.8) is 0 Å². The molecule has 0 rings (SSSR count). The van der Waals surface area contributed by atoms with E-state index in [-0.39, 0.29) is 11.2 Å². The van der Waals surface area contributed by atoms with Gasteiger partial charge in [0.2, 0.25) is 0 Å². The summed E-state index contributed by atoms with van der Waals surface area (Å²) in [6, 6.07) is 0. The van der Waals surface area contributed by atoms with Crippen molar-refractivity contribution in [3.05, 3.63) is 0 Å². The third-order valence-electron chi connectivity index (χ3n) is 4.61. The number of hydrogen-bond acceptors (Lipinski definition) is 6. The molecule has 4 unspecified atom stereocenters. The summed E-state index contributed by atoms with van der Waals surface area (Å²) in [7, 11) is 0. The van der Waals surface area contributed by atoms with Gasteiger partial charge in [-0.15, -0.1) is 0 Å². The molecule has 0 fully saturated rings. The summed E-state index contributed by atoms with van der Waals surface area (Å²) in [6.07, 6.45) is 5.21. The van der Waals surface area contributed by atoms with Crippen LogP contribution in [-0.4, -0.2) is 63.6 Å². The lowest BCUT2D eigenvalue weighted by molar-refractivity contribution is -0.140. The van der Waals surface area contributed by atoms with Crippen LogP contribution in [0.1, 0.15) is 79.6 Å². The Labute approximate surface area is 182 Å². The molecular weight excluding hydrogens is 394 g/mol. The van der Waals surface area contributed by atoms with Gasteiger partial charge in [0.05, 0.1) is 5.25 Å². The average molecular weight is 438 g/mol. The Bertz CT molecular complexity index is 379. The van der Waals surface area contributed by atoms with Gasteiger partial charge in [-0.3, -0.25) is 0 Å². The van der Waals surface area contributed by atoms with Crippen LogP contribution in [0.2, 0.25) is 0 Å². The first-order valence-corrected chi connectivity index (χ1v) is 12.2. The minimum atomic E-state index is -0.919. The highest BCUT2D eigenvalue weighted by atomic mass is 32.2. The topological polar surface area (TPSA) is 62.2 Å². The van der Waals surface area contributed by atoms with Crippen molar-refractivity contribution in [3.8, 4) is 0 Å². The van der Waals surface area contributed by atoms with Gasteiger partial charge in [0, 0.05) is 32.2 Å². The Morgan fingerprint density at radius 2 is 1.50 bits per heavy atom. The molecule has 0 saturated carbocycles. The van der Waals surface area contributed by atoms with E-state index in [4.69, 9.17) is 21.7 Å². The summed E-state index contributed by atoms with van der Waals surface area (Å²) in [6.45, 7) is 13.1. The van der Waals surface area contributed by atoms with Gasteiger partial charge < -0.3 is 24.6 Å². The smallest absolute Gasteiger partial charge is 0.166 e. The number of aliphatic hydroxyl groups is 2. The van der Waals surface area contributed by atoms with E-state index in [0.717, 1.165) is 55.9 Å². The standard InChI is InChI=1S/C21H43NO4S2/c1-6-10-13-22(14-11-7-2)21(27)28-18(20(24)25-9-4)16-17(5)19(23)26-15-12-8-3/h17-20,23-24H,6-16H2,1-5H3. The maximum absolute atomic E-state index is 10.5. The number of thiocarbonyl (C=S) groups is 1. The Morgan fingerprint density at radius 1 is 0.929 bits per heavy atom. The zero-order valence-corrected chi connectivity index (χ0v) is 20.2. The lowest BCUT2D eigenvalue weighted by Crippen LogP contribution is -2.36. The number of nitrogens with zero attached hydrogens (tertiary/aromatic N) is 1. The van der Waals surface area contributed by atoms with Crippen molar-refractivity contribution in [1.82, 2.24) is 4.90 Å². The van der Waals surface area contributed by atoms with Crippen molar-refractivity contribution < 1.29 is 19.7 Å². The van der Waals surface area contributed by atoms with Gasteiger partial charge in [-0.25, -0.2) is 0 Å². The van der Waals surface area contributed by atoms with E-state index >= 15 is 0 Å². The molecule has 0 aromatic rings. The molecule has 5 nitrogen and oxygen atoms in total. The number of unbranched alkanes of at least 4 members (excludes halogenated alkanes) is 3. The molecule has 2 N–H and O–H groups in total. The fraction of sp³-hybridized carbons (Fsp3) is 0.952. The molecule has 0 bridgehead atoms. The zero-order chi connectivity index (χ0) is 21.4. The van der Waals surface area contributed by atoms with Gasteiger partial charge in [0.1, 0.15) is 4.32 Å². The summed E-state index contributed by atoms with van der Waals surface area (Å²) in [5.41, 5.74) is 0. The molecule has 0 saturated heterocycles. The van der Waals surface area contributed by atoms with E-state index in [1.807, 2.05) is 13.8 Å². The number of thioether (sulfide) groups is 1. The van der Waals surface area contributed by atoms with E-state index in [2.05, 4.69) is 25.7 Å². The molecule has 0 amide bonds. The molecule has 0 aliphatic carbocycles. The van der Waals surface area contributed by atoms with Gasteiger partial charge in [-0.05, 0) is 32.6 Å². The van der Waals surface area contributed by atoms with E-state index in [0.29, 0.717) is 19.6 Å². The number of ether oxygens (including phenoxy) is 2. The molecule has 0 aromatic heterocycles. The van der Waals surface area contributed by atoms with E-state index in [1.54, 1.807) is 0 Å². The molecular formula is C21H43NO4S2. The maximum Gasteiger partial charge on any atom is 0.166 e. The second kappa shape index (κ2) is 17.9. The van der Waals surface area contributed by atoms with E-state index < -0.39 is 12.6 Å². The largest absolute Gasteiger partial charge is 0.368 e. The predicted molar refractivity (Wildman–Crippen MR) is 124 cm³/mol. The fourth-order valence-corrected chi connectivity index (χ4v) is 4.43. The fourth-order valence-electron chi connectivity index (χ4n) is 2.69. The average Bonchev–Trinajstić information content (AvgIpc) is 2.67. The van der Waals surface area contributed by atoms with Crippen molar-refractivity contribution >= 4 is 28.3 Å². The highest BCUT2D eigenvalue weighted by molar-refractivity contribution is 8.23. The van der Waals surface area contributed by atoms with Gasteiger partial charge in [-0.2, -0.15) is 0 Å². The Balaban J connectivity index is 4.93. The van der Waals surface area contributed by atoms with Crippen LogP contribution in [0, 0.1) is 5.92 Å². The normalized spacial score (nSPS) is 15.8. The first-order chi connectivity index (χ1) is 13.4. The molecule has 4 atom stereocenters. The second-order valence-electron chi connectivity index (χ2n) is 7.29. The predicted octanol–water partition coefficient (Wildman–Crippen LogP) is 4.79. The quantitative estimate of drug-likeness (QED) is 0.193. The van der Waals surface area contributed by atoms with Crippen LogP contribution in [0.15, 0.2) is 0 Å². The highest BCUT2D eigenvalue weighted by Crippen LogP contribution is 2.28. The van der Waals surface area contributed by atoms with Crippen molar-refractivity contribution in [2.24, 2.45) is 5.92 Å². The van der Waals surface area contributed by atoms with Gasteiger partial charge in [0.15, 0.2) is 12.6 Å². The Kier molecular flexibility index (Phi) is 17.9. The molecule has 7 heteroatoms. The third-order valence-corrected chi connectivity index (χ3v) is 6.34. The SMILES string of the molecule is CCCCOC(O)C(C)CC(SC(=S)N(CCCC)CCCC)C(O)OCC. The summed E-state index contributed by atoms with van der Waals surface area (Å²) < 4.78 is 11.8. The molecule has 0 radical (unpaired) electrons. The molecule has 0 aliphatic rings. The highest BCUT2D eigenvalue weighted by Gasteiger charge is 2.28. The number of aliphatic hydroxyl groups excluding tert-OH is 2. The van der Waals surface area contributed by atoms with Crippen LogP contribution in [0.3, 0.4) is 0 Å².